The van der Waals surface area contributed by atoms with Gasteiger partial charge >= 0.3 is 5.97 Å². The van der Waals surface area contributed by atoms with E-state index in [1.165, 1.54) is 0 Å². The summed E-state index contributed by atoms with van der Waals surface area (Å²) in [7, 11) is 0. The molecule has 0 atom stereocenters. The van der Waals surface area contributed by atoms with Gasteiger partial charge in [0.05, 0.1) is 5.41 Å². The molecular formula is C26H52O2. The fraction of sp³-hybridized carbons (Fsp3) is 0.962. The highest BCUT2D eigenvalue weighted by atomic mass is 16.4. The highest BCUT2D eigenvalue weighted by Crippen LogP contribution is 2.71. The summed E-state index contributed by atoms with van der Waals surface area (Å²) in [5.74, 6) is -0.728. The van der Waals surface area contributed by atoms with Crippen LogP contribution in [0.25, 0.3) is 0 Å². The number of carboxylic acid groups (broad SMARTS) is 1. The van der Waals surface area contributed by atoms with Crippen LogP contribution in [0, 0.1) is 43.3 Å². The maximum Gasteiger partial charge on any atom is 0.309 e. The maximum absolute atomic E-state index is 12.2. The predicted octanol–water partition coefficient (Wildman–Crippen LogP) is 8.30. The third-order valence-electron chi connectivity index (χ3n) is 11.8. The van der Waals surface area contributed by atoms with Crippen molar-refractivity contribution in [2.75, 3.05) is 0 Å². The van der Waals surface area contributed by atoms with Gasteiger partial charge in [-0.2, -0.15) is 0 Å². The minimum absolute atomic E-state index is 0.00245. The lowest BCUT2D eigenvalue weighted by atomic mass is 9.35. The van der Waals surface area contributed by atoms with Gasteiger partial charge < -0.3 is 5.11 Å². The van der Waals surface area contributed by atoms with E-state index in [4.69, 9.17) is 0 Å². The molecule has 0 aromatic carbocycles. The molecule has 0 aromatic rings. The van der Waals surface area contributed by atoms with E-state index in [1.54, 1.807) is 0 Å². The molecule has 0 fully saturated rings. The van der Waals surface area contributed by atoms with E-state index in [1.807, 2.05) is 13.8 Å². The molecule has 1 N–H and O–H groups in total. The van der Waals surface area contributed by atoms with Crippen molar-refractivity contribution in [1.82, 2.24) is 0 Å². The Morgan fingerprint density at radius 3 is 0.857 bits per heavy atom. The zero-order valence-electron chi connectivity index (χ0n) is 22.4. The zero-order chi connectivity index (χ0) is 23.6. The summed E-state index contributed by atoms with van der Waals surface area (Å²) in [5.41, 5.74) is -1.48. The maximum atomic E-state index is 12.2. The summed E-state index contributed by atoms with van der Waals surface area (Å²) in [6, 6.07) is 0. The molecule has 2 heteroatoms. The lowest BCUT2D eigenvalue weighted by Crippen LogP contribution is -2.63. The van der Waals surface area contributed by atoms with Crippen molar-refractivity contribution >= 4 is 5.97 Å². The van der Waals surface area contributed by atoms with Crippen LogP contribution in [0.15, 0.2) is 0 Å². The van der Waals surface area contributed by atoms with Crippen LogP contribution in [-0.2, 0) is 4.79 Å². The quantitative estimate of drug-likeness (QED) is 0.470. The number of carboxylic acids is 1. The van der Waals surface area contributed by atoms with Gasteiger partial charge in [0.15, 0.2) is 0 Å². The van der Waals surface area contributed by atoms with Crippen LogP contribution in [-0.4, -0.2) is 11.1 Å². The van der Waals surface area contributed by atoms with Crippen LogP contribution in [0.2, 0.25) is 0 Å². The van der Waals surface area contributed by atoms with Crippen molar-refractivity contribution in [2.24, 2.45) is 43.3 Å². The molecule has 0 heterocycles. The summed E-state index contributed by atoms with van der Waals surface area (Å²) >= 11 is 0. The number of carbonyl (C=O) groups is 1. The Labute approximate surface area is 177 Å². The van der Waals surface area contributed by atoms with Crippen LogP contribution in [0.5, 0.6) is 0 Å². The van der Waals surface area contributed by atoms with Gasteiger partial charge in [-0.3, -0.25) is 4.79 Å². The largest absolute Gasteiger partial charge is 0.481 e. The highest BCUT2D eigenvalue weighted by Gasteiger charge is 2.66. The molecule has 0 rings (SSSR count). The average molecular weight is 397 g/mol. The normalized spacial score (nSPS) is 16.3. The smallest absolute Gasteiger partial charge is 0.309 e. The molecule has 0 aliphatic rings. The third kappa shape index (κ3) is 3.25. The Morgan fingerprint density at radius 1 is 0.429 bits per heavy atom. The van der Waals surface area contributed by atoms with Crippen molar-refractivity contribution in [3.05, 3.63) is 0 Å². The zero-order valence-corrected chi connectivity index (χ0v) is 22.4. The standard InChI is InChI=1S/C26H52O2/c1-19(2,3)21(6,7)23(10,11)25(14,15)26(16,17)24(12,13)22(8,9)20(4,5)18(27)28/h1-17H3,(H,27,28). The van der Waals surface area contributed by atoms with E-state index in [9.17, 15) is 9.90 Å². The first-order valence-corrected chi connectivity index (χ1v) is 10.9. The minimum Gasteiger partial charge on any atom is -0.481 e. The summed E-state index contributed by atoms with van der Waals surface area (Å²) in [4.78, 5) is 12.2. The van der Waals surface area contributed by atoms with Crippen LogP contribution < -0.4 is 0 Å². The molecule has 0 radical (unpaired) electrons. The lowest BCUT2D eigenvalue weighted by molar-refractivity contribution is -0.213. The van der Waals surface area contributed by atoms with E-state index in [0.29, 0.717) is 0 Å². The van der Waals surface area contributed by atoms with Gasteiger partial charge in [-0.05, 0) is 51.8 Å². The van der Waals surface area contributed by atoms with Crippen molar-refractivity contribution in [1.29, 1.82) is 0 Å². The molecule has 28 heavy (non-hydrogen) atoms. The Bertz CT molecular complexity index is 590. The van der Waals surface area contributed by atoms with Crippen molar-refractivity contribution in [3.63, 3.8) is 0 Å². The Kier molecular flexibility index (Phi) is 6.61. The van der Waals surface area contributed by atoms with Gasteiger partial charge in [0.1, 0.15) is 0 Å². The van der Waals surface area contributed by atoms with Crippen molar-refractivity contribution < 1.29 is 9.90 Å². The van der Waals surface area contributed by atoms with E-state index < -0.39 is 16.8 Å². The van der Waals surface area contributed by atoms with Crippen LogP contribution in [0.3, 0.4) is 0 Å². The van der Waals surface area contributed by atoms with Gasteiger partial charge in [0.25, 0.3) is 0 Å². The minimum atomic E-state index is -0.840. The monoisotopic (exact) mass is 396 g/mol. The topological polar surface area (TPSA) is 37.3 Å². The molecule has 0 aliphatic heterocycles. The van der Waals surface area contributed by atoms with Gasteiger partial charge in [-0.25, -0.2) is 0 Å². The van der Waals surface area contributed by atoms with Gasteiger partial charge in [-0.1, -0.05) is 104 Å². The van der Waals surface area contributed by atoms with Crippen LogP contribution in [0.1, 0.15) is 118 Å². The number of rotatable bonds is 7. The van der Waals surface area contributed by atoms with Crippen molar-refractivity contribution in [2.45, 2.75) is 118 Å². The molecule has 0 unspecified atom stereocenters. The number of aliphatic carboxylic acids is 1. The van der Waals surface area contributed by atoms with Gasteiger partial charge in [-0.15, -0.1) is 0 Å². The molecule has 0 saturated carbocycles. The molecule has 0 aromatic heterocycles. The van der Waals surface area contributed by atoms with Crippen LogP contribution in [0.4, 0.5) is 0 Å². The lowest BCUT2D eigenvalue weighted by Gasteiger charge is -2.69. The molecule has 0 bridgehead atoms. The number of hydrogen-bond acceptors (Lipinski definition) is 1. The Morgan fingerprint density at radius 2 is 0.643 bits per heavy atom. The summed E-state index contributed by atoms with van der Waals surface area (Å²) in [6.45, 7) is 38.7. The predicted molar refractivity (Wildman–Crippen MR) is 124 cm³/mol. The van der Waals surface area contributed by atoms with Crippen LogP contribution >= 0.6 is 0 Å². The molecular weight excluding hydrogens is 344 g/mol. The fourth-order valence-corrected chi connectivity index (χ4v) is 5.11. The van der Waals surface area contributed by atoms with E-state index in [-0.39, 0.29) is 32.5 Å². The first-order valence-electron chi connectivity index (χ1n) is 10.9. The first kappa shape index (κ1) is 27.5. The second-order valence-corrected chi connectivity index (χ2v) is 13.9. The van der Waals surface area contributed by atoms with E-state index in [2.05, 4.69) is 104 Å². The van der Waals surface area contributed by atoms with Crippen molar-refractivity contribution in [3.8, 4) is 0 Å². The Hall–Kier alpha value is -0.530. The Balaban J connectivity index is 6.76. The third-order valence-corrected chi connectivity index (χ3v) is 11.8. The van der Waals surface area contributed by atoms with E-state index >= 15 is 0 Å². The average Bonchev–Trinajstić information content (AvgIpc) is 2.44. The second kappa shape index (κ2) is 6.74. The second-order valence-electron chi connectivity index (χ2n) is 13.9. The fourth-order valence-electron chi connectivity index (χ4n) is 5.11. The summed E-state index contributed by atoms with van der Waals surface area (Å²) in [5, 5.41) is 10.0. The molecule has 0 aliphatic carbocycles. The molecule has 0 saturated heterocycles. The first-order chi connectivity index (χ1) is 11.7. The van der Waals surface area contributed by atoms with E-state index in [0.717, 1.165) is 0 Å². The molecule has 168 valence electrons. The summed E-state index contributed by atoms with van der Waals surface area (Å²) in [6.07, 6.45) is 0. The highest BCUT2D eigenvalue weighted by molar-refractivity contribution is 5.75. The molecule has 0 amide bonds. The number of hydrogen-bond donors (Lipinski definition) is 1. The summed E-state index contributed by atoms with van der Waals surface area (Å²) < 4.78 is 0. The molecule has 2 nitrogen and oxygen atoms in total. The van der Waals surface area contributed by atoms with Gasteiger partial charge in [0, 0.05) is 0 Å². The van der Waals surface area contributed by atoms with Gasteiger partial charge in [0.2, 0.25) is 0 Å². The molecule has 0 spiro atoms. The SMILES string of the molecule is CC(C)(C)C(C)(C)C(C)(C)C(C)(C)C(C)(C)C(C)(C)C(C)(C)C(C)(C)C(=O)O.